The Kier molecular flexibility index (Phi) is 31.6. The van der Waals surface area contributed by atoms with Gasteiger partial charge in [-0.1, -0.05) is 141 Å². The smallest absolute Gasteiger partial charge is 0.306 e. The molecule has 0 fully saturated rings. The van der Waals surface area contributed by atoms with Crippen molar-refractivity contribution in [2.75, 3.05) is 13.2 Å². The topological polar surface area (TPSA) is 72.8 Å². The molecule has 0 unspecified atom stereocenters. The summed E-state index contributed by atoms with van der Waals surface area (Å²) in [5, 5.41) is 9.47. The molecule has 0 saturated heterocycles. The van der Waals surface area contributed by atoms with Gasteiger partial charge in [0.25, 0.3) is 0 Å². The quantitative estimate of drug-likeness (QED) is 0.0503. The second kappa shape index (κ2) is 32.9. The third kappa shape index (κ3) is 31.2. The first-order chi connectivity index (χ1) is 20.1. The predicted octanol–water partition coefficient (Wildman–Crippen LogP) is 10.3. The fourth-order valence-corrected chi connectivity index (χ4v) is 4.82. The molecule has 1 N–H and O–H groups in total. The van der Waals surface area contributed by atoms with Crippen molar-refractivity contribution < 1.29 is 24.2 Å². The standard InChI is InChI=1S/C36H66O5/c1-3-5-7-9-11-13-14-15-16-17-18-19-20-21-22-23-25-26-28-30-35(38)40-33-34(32-37)41-36(39)31-29-27-24-12-10-8-6-4-2/h11,13,15-16,34,37H,3-10,12,14,17-33H2,1-2H3/b13-11+,16-15+/t34-/m0/s1. The van der Waals surface area contributed by atoms with Crippen molar-refractivity contribution in [1.29, 1.82) is 0 Å². The van der Waals surface area contributed by atoms with Gasteiger partial charge in [-0.05, 0) is 44.9 Å². The Morgan fingerprint density at radius 3 is 1.49 bits per heavy atom. The van der Waals surface area contributed by atoms with Gasteiger partial charge in [-0.25, -0.2) is 0 Å². The lowest BCUT2D eigenvalue weighted by Crippen LogP contribution is -2.28. The van der Waals surface area contributed by atoms with Gasteiger partial charge in [0.05, 0.1) is 6.61 Å². The molecular formula is C36H66O5. The van der Waals surface area contributed by atoms with Gasteiger partial charge in [0.2, 0.25) is 0 Å². The Hall–Kier alpha value is -1.62. The van der Waals surface area contributed by atoms with Crippen molar-refractivity contribution in [3.05, 3.63) is 24.3 Å². The summed E-state index contributed by atoms with van der Waals surface area (Å²) in [6.07, 6.45) is 36.7. The highest BCUT2D eigenvalue weighted by Gasteiger charge is 2.16. The molecular weight excluding hydrogens is 512 g/mol. The molecule has 0 aliphatic heterocycles. The van der Waals surface area contributed by atoms with Crippen molar-refractivity contribution in [3.63, 3.8) is 0 Å². The van der Waals surface area contributed by atoms with E-state index >= 15 is 0 Å². The molecule has 0 saturated carbocycles. The minimum atomic E-state index is -0.765. The van der Waals surface area contributed by atoms with Crippen LogP contribution in [0, 0.1) is 0 Å². The molecule has 0 radical (unpaired) electrons. The van der Waals surface area contributed by atoms with Crippen molar-refractivity contribution in [1.82, 2.24) is 0 Å². The summed E-state index contributed by atoms with van der Waals surface area (Å²) >= 11 is 0. The van der Waals surface area contributed by atoms with Crippen LogP contribution in [0.25, 0.3) is 0 Å². The lowest BCUT2D eigenvalue weighted by atomic mass is 10.1. The molecule has 240 valence electrons. The van der Waals surface area contributed by atoms with Gasteiger partial charge >= 0.3 is 11.9 Å². The summed E-state index contributed by atoms with van der Waals surface area (Å²) in [6, 6.07) is 0. The summed E-state index contributed by atoms with van der Waals surface area (Å²) in [4.78, 5) is 24.0. The summed E-state index contributed by atoms with van der Waals surface area (Å²) in [7, 11) is 0. The molecule has 0 rings (SSSR count). The van der Waals surface area contributed by atoms with E-state index in [0.717, 1.165) is 44.9 Å². The van der Waals surface area contributed by atoms with Gasteiger partial charge in [0.1, 0.15) is 6.61 Å². The maximum Gasteiger partial charge on any atom is 0.306 e. The molecule has 0 aliphatic rings. The average Bonchev–Trinajstić information content (AvgIpc) is 2.97. The van der Waals surface area contributed by atoms with Crippen LogP contribution in [0.5, 0.6) is 0 Å². The zero-order valence-corrected chi connectivity index (χ0v) is 27.1. The Balaban J connectivity index is 3.53. The molecule has 0 aromatic heterocycles. The number of rotatable bonds is 31. The Morgan fingerprint density at radius 1 is 0.561 bits per heavy atom. The highest BCUT2D eigenvalue weighted by atomic mass is 16.6. The van der Waals surface area contributed by atoms with Crippen LogP contribution in [0.2, 0.25) is 0 Å². The number of ether oxygens (including phenoxy) is 2. The zero-order chi connectivity index (χ0) is 30.1. The number of allylic oxidation sites excluding steroid dienone is 4. The maximum atomic E-state index is 12.0. The largest absolute Gasteiger partial charge is 0.462 e. The van der Waals surface area contributed by atoms with Crippen LogP contribution in [-0.2, 0) is 19.1 Å². The molecule has 0 aromatic rings. The van der Waals surface area contributed by atoms with E-state index in [4.69, 9.17) is 9.47 Å². The van der Waals surface area contributed by atoms with Crippen LogP contribution >= 0.6 is 0 Å². The Labute approximate surface area is 253 Å². The first kappa shape index (κ1) is 39.4. The molecule has 0 aliphatic carbocycles. The van der Waals surface area contributed by atoms with Crippen LogP contribution in [0.3, 0.4) is 0 Å². The first-order valence-corrected chi connectivity index (χ1v) is 17.4. The van der Waals surface area contributed by atoms with Crippen molar-refractivity contribution in [2.24, 2.45) is 0 Å². The molecule has 0 amide bonds. The number of carbonyl (C=O) groups excluding carboxylic acids is 2. The number of aliphatic hydroxyl groups is 1. The van der Waals surface area contributed by atoms with E-state index in [1.165, 1.54) is 103 Å². The van der Waals surface area contributed by atoms with Crippen LogP contribution in [0.4, 0.5) is 0 Å². The van der Waals surface area contributed by atoms with Gasteiger partial charge in [0.15, 0.2) is 6.10 Å². The predicted molar refractivity (Wildman–Crippen MR) is 173 cm³/mol. The highest BCUT2D eigenvalue weighted by molar-refractivity contribution is 5.70. The van der Waals surface area contributed by atoms with E-state index in [-0.39, 0.29) is 25.2 Å². The summed E-state index contributed by atoms with van der Waals surface area (Å²) < 4.78 is 10.5. The summed E-state index contributed by atoms with van der Waals surface area (Å²) in [5.41, 5.74) is 0. The van der Waals surface area contributed by atoms with E-state index in [0.29, 0.717) is 12.8 Å². The van der Waals surface area contributed by atoms with Crippen LogP contribution in [-0.4, -0.2) is 36.4 Å². The fourth-order valence-electron chi connectivity index (χ4n) is 4.82. The highest BCUT2D eigenvalue weighted by Crippen LogP contribution is 2.13. The van der Waals surface area contributed by atoms with E-state index in [1.807, 2.05) is 0 Å². The average molecular weight is 579 g/mol. The van der Waals surface area contributed by atoms with Crippen LogP contribution in [0.15, 0.2) is 24.3 Å². The third-order valence-corrected chi connectivity index (χ3v) is 7.50. The lowest BCUT2D eigenvalue weighted by Gasteiger charge is -2.15. The molecule has 0 spiro atoms. The second-order valence-electron chi connectivity index (χ2n) is 11.6. The van der Waals surface area contributed by atoms with E-state index < -0.39 is 6.10 Å². The normalized spacial score (nSPS) is 12.4. The van der Waals surface area contributed by atoms with Crippen molar-refractivity contribution >= 4 is 11.9 Å². The monoisotopic (exact) mass is 578 g/mol. The molecule has 5 nitrogen and oxygen atoms in total. The minimum Gasteiger partial charge on any atom is -0.462 e. The van der Waals surface area contributed by atoms with Crippen molar-refractivity contribution in [2.45, 2.75) is 180 Å². The van der Waals surface area contributed by atoms with Crippen LogP contribution < -0.4 is 0 Å². The molecule has 1 atom stereocenters. The van der Waals surface area contributed by atoms with E-state index in [2.05, 4.69) is 38.2 Å². The lowest BCUT2D eigenvalue weighted by molar-refractivity contribution is -0.161. The zero-order valence-electron chi connectivity index (χ0n) is 27.1. The number of carbonyl (C=O) groups is 2. The Morgan fingerprint density at radius 2 is 0.976 bits per heavy atom. The number of aliphatic hydroxyl groups excluding tert-OH is 1. The fraction of sp³-hybridized carbons (Fsp3) is 0.833. The van der Waals surface area contributed by atoms with Gasteiger partial charge in [-0.15, -0.1) is 0 Å². The molecule has 41 heavy (non-hydrogen) atoms. The number of hydrogen-bond acceptors (Lipinski definition) is 5. The minimum absolute atomic E-state index is 0.0650. The van der Waals surface area contributed by atoms with E-state index in [9.17, 15) is 14.7 Å². The summed E-state index contributed by atoms with van der Waals surface area (Å²) in [5.74, 6) is -0.598. The summed E-state index contributed by atoms with van der Waals surface area (Å²) in [6.45, 7) is 4.07. The second-order valence-corrected chi connectivity index (χ2v) is 11.6. The number of unbranched alkanes of at least 4 members (excludes halogenated alkanes) is 19. The molecule has 5 heteroatoms. The number of hydrogen-bond donors (Lipinski definition) is 1. The van der Waals surface area contributed by atoms with Crippen LogP contribution in [0.1, 0.15) is 174 Å². The Bertz CT molecular complexity index is 627. The maximum absolute atomic E-state index is 12.0. The van der Waals surface area contributed by atoms with Crippen molar-refractivity contribution in [3.8, 4) is 0 Å². The van der Waals surface area contributed by atoms with Gasteiger partial charge in [0, 0.05) is 12.8 Å². The molecule has 0 heterocycles. The van der Waals surface area contributed by atoms with E-state index in [1.54, 1.807) is 0 Å². The van der Waals surface area contributed by atoms with Gasteiger partial charge in [-0.3, -0.25) is 9.59 Å². The molecule has 0 bridgehead atoms. The molecule has 0 aromatic carbocycles. The number of esters is 2. The first-order valence-electron chi connectivity index (χ1n) is 17.4. The van der Waals surface area contributed by atoms with Gasteiger partial charge in [-0.2, -0.15) is 0 Å². The SMILES string of the molecule is CCCCC/C=C/C/C=C/CCCCCCCCCCCC(=O)OC[C@H](CO)OC(=O)CCCCCCCCCC. The third-order valence-electron chi connectivity index (χ3n) is 7.50. The van der Waals surface area contributed by atoms with Gasteiger partial charge < -0.3 is 14.6 Å².